The van der Waals surface area contributed by atoms with E-state index in [0.29, 0.717) is 11.6 Å². The molecule has 3 unspecified atom stereocenters. The van der Waals surface area contributed by atoms with E-state index < -0.39 is 11.6 Å². The van der Waals surface area contributed by atoms with Crippen molar-refractivity contribution < 1.29 is 8.78 Å². The van der Waals surface area contributed by atoms with Crippen molar-refractivity contribution in [2.24, 2.45) is 0 Å². The first-order valence-electron chi connectivity index (χ1n) is 10.1. The maximum absolute atomic E-state index is 14.4. The highest BCUT2D eigenvalue weighted by molar-refractivity contribution is 5.52. The molecule has 6 nitrogen and oxygen atoms in total. The molecular weight excluding hydrogens is 386 g/mol. The van der Waals surface area contributed by atoms with E-state index in [1.165, 1.54) is 6.07 Å². The predicted octanol–water partition coefficient (Wildman–Crippen LogP) is 3.60. The lowest BCUT2D eigenvalue weighted by Gasteiger charge is -2.16. The molecule has 3 aromatic rings. The SMILES string of the molecule is CN1CCC(Nc2cc(C3CC3c3cnc(-c4ncccn4)nc3)cc(F)c2F)C1. The average molecular weight is 408 g/mol. The summed E-state index contributed by atoms with van der Waals surface area (Å²) in [5.41, 5.74) is 2.04. The van der Waals surface area contributed by atoms with Crippen LogP contribution in [0.15, 0.2) is 43.0 Å². The van der Waals surface area contributed by atoms with Gasteiger partial charge in [0.2, 0.25) is 0 Å². The van der Waals surface area contributed by atoms with Gasteiger partial charge in [-0.15, -0.1) is 0 Å². The molecule has 8 heteroatoms. The van der Waals surface area contributed by atoms with Crippen LogP contribution in [0.2, 0.25) is 0 Å². The van der Waals surface area contributed by atoms with Crippen molar-refractivity contribution in [1.29, 1.82) is 0 Å². The van der Waals surface area contributed by atoms with Crippen LogP contribution in [-0.2, 0) is 0 Å². The number of nitrogens with zero attached hydrogens (tertiary/aromatic N) is 5. The first kappa shape index (κ1) is 19.0. The molecule has 0 radical (unpaired) electrons. The smallest absolute Gasteiger partial charge is 0.197 e. The van der Waals surface area contributed by atoms with Crippen LogP contribution in [0.3, 0.4) is 0 Å². The van der Waals surface area contributed by atoms with Crippen molar-refractivity contribution in [3.05, 3.63) is 65.7 Å². The standard InChI is InChI=1S/C22H22F2N6/c1-30-6-3-15(12-30)29-19-8-13(7-18(23)20(19)24)16-9-17(16)14-10-27-22(28-11-14)21-25-4-2-5-26-21/h2,4-5,7-8,10-11,15-17,29H,3,6,9,12H2,1H3. The highest BCUT2D eigenvalue weighted by Crippen LogP contribution is 2.55. The number of anilines is 1. The third-order valence-electron chi connectivity index (χ3n) is 5.89. The van der Waals surface area contributed by atoms with Crippen LogP contribution in [-0.4, -0.2) is 51.0 Å². The van der Waals surface area contributed by atoms with Gasteiger partial charge in [0.15, 0.2) is 23.3 Å². The number of hydrogen-bond donors (Lipinski definition) is 1. The quantitative estimate of drug-likeness (QED) is 0.696. The molecule has 1 saturated carbocycles. The van der Waals surface area contributed by atoms with E-state index in [2.05, 4.69) is 30.2 Å². The van der Waals surface area contributed by atoms with Crippen LogP contribution in [0.4, 0.5) is 14.5 Å². The molecule has 30 heavy (non-hydrogen) atoms. The lowest BCUT2D eigenvalue weighted by atomic mass is 10.0. The molecule has 1 aliphatic heterocycles. The number of benzene rings is 1. The summed E-state index contributed by atoms with van der Waals surface area (Å²) in [5, 5.41) is 3.19. The molecule has 0 spiro atoms. The Morgan fingerprint density at radius 2 is 1.67 bits per heavy atom. The first-order valence-corrected chi connectivity index (χ1v) is 10.1. The minimum absolute atomic E-state index is 0.134. The summed E-state index contributed by atoms with van der Waals surface area (Å²) in [5.74, 6) is -0.330. The predicted molar refractivity (Wildman–Crippen MR) is 109 cm³/mol. The van der Waals surface area contributed by atoms with Gasteiger partial charge in [0.1, 0.15) is 0 Å². The van der Waals surface area contributed by atoms with Crippen molar-refractivity contribution in [2.45, 2.75) is 30.7 Å². The third kappa shape index (κ3) is 3.75. The molecule has 2 aliphatic rings. The molecular formula is C22H22F2N6. The number of likely N-dealkylation sites (N-methyl/N-ethyl adjacent to an activating group) is 1. The Balaban J connectivity index is 1.32. The van der Waals surface area contributed by atoms with Gasteiger partial charge in [-0.1, -0.05) is 0 Å². The second-order valence-electron chi connectivity index (χ2n) is 8.12. The monoisotopic (exact) mass is 408 g/mol. The zero-order chi connectivity index (χ0) is 20.7. The van der Waals surface area contributed by atoms with Crippen LogP contribution in [0.25, 0.3) is 11.6 Å². The van der Waals surface area contributed by atoms with Gasteiger partial charge in [-0.3, -0.25) is 0 Å². The zero-order valence-corrected chi connectivity index (χ0v) is 16.6. The Morgan fingerprint density at radius 1 is 0.967 bits per heavy atom. The molecule has 3 atom stereocenters. The van der Waals surface area contributed by atoms with E-state index in [9.17, 15) is 8.78 Å². The summed E-state index contributed by atoms with van der Waals surface area (Å²) in [6, 6.07) is 4.95. The molecule has 2 fully saturated rings. The van der Waals surface area contributed by atoms with E-state index in [1.807, 2.05) is 7.05 Å². The lowest BCUT2D eigenvalue weighted by Crippen LogP contribution is -2.24. The van der Waals surface area contributed by atoms with Gasteiger partial charge in [0, 0.05) is 37.4 Å². The number of halogens is 2. The van der Waals surface area contributed by atoms with Gasteiger partial charge in [0.25, 0.3) is 0 Å². The van der Waals surface area contributed by atoms with Gasteiger partial charge in [-0.2, -0.15) is 0 Å². The number of nitrogens with one attached hydrogen (secondary N) is 1. The van der Waals surface area contributed by atoms with Crippen LogP contribution in [0, 0.1) is 11.6 Å². The molecule has 1 aliphatic carbocycles. The fourth-order valence-corrected chi connectivity index (χ4v) is 4.19. The van der Waals surface area contributed by atoms with E-state index >= 15 is 0 Å². The molecule has 0 bridgehead atoms. The van der Waals surface area contributed by atoms with Crippen LogP contribution >= 0.6 is 0 Å². The summed E-state index contributed by atoms with van der Waals surface area (Å²) in [7, 11) is 2.03. The second-order valence-corrected chi connectivity index (χ2v) is 8.12. The summed E-state index contributed by atoms with van der Waals surface area (Å²) in [6.07, 6.45) is 8.63. The third-order valence-corrected chi connectivity index (χ3v) is 5.89. The maximum Gasteiger partial charge on any atom is 0.197 e. The highest BCUT2D eigenvalue weighted by atomic mass is 19.2. The van der Waals surface area contributed by atoms with E-state index in [-0.39, 0.29) is 23.6 Å². The summed E-state index contributed by atoms with van der Waals surface area (Å²) in [4.78, 5) is 19.2. The average Bonchev–Trinajstić information content (AvgIpc) is 3.47. The van der Waals surface area contributed by atoms with E-state index in [1.54, 1.807) is 36.9 Å². The van der Waals surface area contributed by atoms with Gasteiger partial charge in [-0.25, -0.2) is 28.7 Å². The topological polar surface area (TPSA) is 66.8 Å². The Labute approximate surface area is 173 Å². The summed E-state index contributed by atoms with van der Waals surface area (Å²) < 4.78 is 28.6. The number of aromatic nitrogens is 4. The highest BCUT2D eigenvalue weighted by Gasteiger charge is 2.41. The number of hydrogen-bond acceptors (Lipinski definition) is 6. The zero-order valence-electron chi connectivity index (χ0n) is 16.6. The summed E-state index contributed by atoms with van der Waals surface area (Å²) >= 11 is 0. The van der Waals surface area contributed by atoms with Gasteiger partial charge in [-0.05, 0) is 67.6 Å². The Kier molecular flexibility index (Phi) is 4.86. The van der Waals surface area contributed by atoms with Gasteiger partial charge < -0.3 is 10.2 Å². The molecule has 154 valence electrons. The molecule has 2 aromatic heterocycles. The Morgan fingerprint density at radius 3 is 2.37 bits per heavy atom. The van der Waals surface area contributed by atoms with Crippen molar-refractivity contribution in [3.63, 3.8) is 0 Å². The minimum atomic E-state index is -0.806. The lowest BCUT2D eigenvalue weighted by molar-refractivity contribution is 0.413. The van der Waals surface area contributed by atoms with Crippen LogP contribution in [0.5, 0.6) is 0 Å². The van der Waals surface area contributed by atoms with Crippen LogP contribution < -0.4 is 5.32 Å². The Hall–Kier alpha value is -3.00. The molecule has 1 N–H and O–H groups in total. The van der Waals surface area contributed by atoms with E-state index in [4.69, 9.17) is 0 Å². The van der Waals surface area contributed by atoms with Crippen LogP contribution in [0.1, 0.15) is 35.8 Å². The van der Waals surface area contributed by atoms with Crippen molar-refractivity contribution in [1.82, 2.24) is 24.8 Å². The second kappa shape index (κ2) is 7.68. The molecule has 0 amide bonds. The van der Waals surface area contributed by atoms with E-state index in [0.717, 1.165) is 37.1 Å². The minimum Gasteiger partial charge on any atom is -0.379 e. The van der Waals surface area contributed by atoms with Gasteiger partial charge >= 0.3 is 0 Å². The number of rotatable bonds is 5. The van der Waals surface area contributed by atoms with Crippen molar-refractivity contribution >= 4 is 5.69 Å². The summed E-state index contributed by atoms with van der Waals surface area (Å²) in [6.45, 7) is 1.78. The number of likely N-dealkylation sites (tertiary alicyclic amines) is 1. The molecule has 3 heterocycles. The van der Waals surface area contributed by atoms with Crippen molar-refractivity contribution in [3.8, 4) is 11.6 Å². The first-order chi connectivity index (χ1) is 14.6. The molecule has 1 saturated heterocycles. The molecule has 5 rings (SSSR count). The molecule has 1 aromatic carbocycles. The fraction of sp³-hybridized carbons (Fsp3) is 0.364. The normalized spacial score (nSPS) is 23.5. The largest absolute Gasteiger partial charge is 0.379 e. The Bertz CT molecular complexity index is 1040. The van der Waals surface area contributed by atoms with Gasteiger partial charge in [0.05, 0.1) is 5.69 Å². The van der Waals surface area contributed by atoms with Crippen molar-refractivity contribution in [2.75, 3.05) is 25.5 Å². The fourth-order valence-electron chi connectivity index (χ4n) is 4.19. The maximum atomic E-state index is 14.4.